The van der Waals surface area contributed by atoms with E-state index in [1.165, 1.54) is 18.2 Å². The Morgan fingerprint density at radius 2 is 1.72 bits per heavy atom. The third kappa shape index (κ3) is 6.70. The van der Waals surface area contributed by atoms with Gasteiger partial charge >= 0.3 is 12.2 Å². The van der Waals surface area contributed by atoms with Crippen molar-refractivity contribution in [1.29, 1.82) is 0 Å². The lowest BCUT2D eigenvalue weighted by Crippen LogP contribution is -2.53. The number of nitrogens with two attached hydrogens (primary N) is 1. The summed E-state index contributed by atoms with van der Waals surface area (Å²) in [5.41, 5.74) is 4.08. The first-order chi connectivity index (χ1) is 18.3. The Morgan fingerprint density at radius 3 is 2.38 bits per heavy atom. The molecule has 4 rings (SSSR count). The first kappa shape index (κ1) is 28.4. The molecule has 39 heavy (non-hydrogen) atoms. The van der Waals surface area contributed by atoms with Crippen LogP contribution in [-0.2, 0) is 20.8 Å². The summed E-state index contributed by atoms with van der Waals surface area (Å²) >= 11 is 0. The van der Waals surface area contributed by atoms with Gasteiger partial charge < -0.3 is 21.3 Å². The first-order valence-corrected chi connectivity index (χ1v) is 14.1. The standard InChI is InChI=1S/C26H29F3N4O5S/c27-26(28,29)18-6-4-5-16(13-18)23(34)32-21-11-12-33(24(21)35)22-10-9-19(31-25(30)36)14-17(22)15-39(37,38)20-7-2-1-3-8-20/h1-8,13,17,19,21-22H,9-12,14-15H2,(H,32,34)(H3,30,31,36). The summed E-state index contributed by atoms with van der Waals surface area (Å²) in [5.74, 6) is -2.02. The number of carbonyl (C=O) groups is 3. The van der Waals surface area contributed by atoms with Crippen molar-refractivity contribution in [3.05, 3.63) is 65.7 Å². The van der Waals surface area contributed by atoms with Crippen LogP contribution in [0.3, 0.4) is 0 Å². The third-order valence-electron chi connectivity index (χ3n) is 7.22. The van der Waals surface area contributed by atoms with E-state index in [4.69, 9.17) is 5.73 Å². The van der Waals surface area contributed by atoms with Gasteiger partial charge in [0, 0.05) is 24.2 Å². The van der Waals surface area contributed by atoms with Gasteiger partial charge in [0.15, 0.2) is 9.84 Å². The topological polar surface area (TPSA) is 139 Å². The van der Waals surface area contributed by atoms with Crippen LogP contribution in [0.1, 0.15) is 41.6 Å². The number of amides is 4. The molecular weight excluding hydrogens is 537 g/mol. The van der Waals surface area contributed by atoms with Crippen molar-refractivity contribution in [3.8, 4) is 0 Å². The van der Waals surface area contributed by atoms with E-state index in [0.29, 0.717) is 12.8 Å². The van der Waals surface area contributed by atoms with E-state index in [1.54, 1.807) is 23.1 Å². The molecule has 2 aliphatic rings. The number of primary amides is 1. The van der Waals surface area contributed by atoms with Crippen LogP contribution >= 0.6 is 0 Å². The molecule has 1 saturated heterocycles. The van der Waals surface area contributed by atoms with E-state index >= 15 is 0 Å². The third-order valence-corrected chi connectivity index (χ3v) is 9.08. The fourth-order valence-corrected chi connectivity index (χ4v) is 7.11. The summed E-state index contributed by atoms with van der Waals surface area (Å²) < 4.78 is 65.5. The summed E-state index contributed by atoms with van der Waals surface area (Å²) in [6.45, 7) is 0.243. The van der Waals surface area contributed by atoms with Gasteiger partial charge in [0.1, 0.15) is 6.04 Å². The lowest BCUT2D eigenvalue weighted by atomic mass is 9.81. The Morgan fingerprint density at radius 1 is 1.00 bits per heavy atom. The molecular formula is C26H29F3N4O5S. The molecule has 1 aliphatic heterocycles. The molecule has 2 fully saturated rings. The van der Waals surface area contributed by atoms with Crippen LogP contribution in [-0.4, -0.2) is 61.6 Å². The summed E-state index contributed by atoms with van der Waals surface area (Å²) in [5, 5.41) is 5.16. The van der Waals surface area contributed by atoms with Gasteiger partial charge in [-0.25, -0.2) is 13.2 Å². The number of rotatable bonds is 7. The van der Waals surface area contributed by atoms with E-state index in [1.807, 2.05) is 0 Å². The Labute approximate surface area is 223 Å². The minimum atomic E-state index is -4.62. The van der Waals surface area contributed by atoms with E-state index in [0.717, 1.165) is 18.2 Å². The Kier molecular flexibility index (Phi) is 8.19. The number of sulfone groups is 1. The lowest BCUT2D eigenvalue weighted by Gasteiger charge is -2.41. The minimum Gasteiger partial charge on any atom is -0.352 e. The van der Waals surface area contributed by atoms with E-state index in [-0.39, 0.29) is 41.6 Å². The normalized spacial score (nSPS) is 23.9. The van der Waals surface area contributed by atoms with E-state index in [9.17, 15) is 36.0 Å². The molecule has 4 amide bonds. The highest BCUT2D eigenvalue weighted by Gasteiger charge is 2.44. The number of urea groups is 1. The summed E-state index contributed by atoms with van der Waals surface area (Å²) in [6, 6.07) is 9.34. The van der Waals surface area contributed by atoms with Crippen LogP contribution in [0.5, 0.6) is 0 Å². The second kappa shape index (κ2) is 11.2. The minimum absolute atomic E-state index is 0.146. The molecule has 9 nitrogen and oxygen atoms in total. The average Bonchev–Trinajstić information content (AvgIpc) is 3.23. The first-order valence-electron chi connectivity index (χ1n) is 12.5. The molecule has 2 aromatic rings. The molecule has 4 unspecified atom stereocenters. The van der Waals surface area contributed by atoms with Gasteiger partial charge in [-0.05, 0) is 61.9 Å². The molecule has 1 heterocycles. The number of nitrogens with zero attached hydrogens (tertiary/aromatic N) is 1. The van der Waals surface area contributed by atoms with Crippen molar-refractivity contribution >= 4 is 27.7 Å². The predicted octanol–water partition coefficient (Wildman–Crippen LogP) is 2.72. The quantitative estimate of drug-likeness (QED) is 0.473. The van der Waals surface area contributed by atoms with Gasteiger partial charge in [-0.15, -0.1) is 0 Å². The number of carbonyl (C=O) groups excluding carboxylic acids is 3. The molecule has 0 bridgehead atoms. The zero-order chi connectivity index (χ0) is 28.4. The molecule has 210 valence electrons. The fourth-order valence-electron chi connectivity index (χ4n) is 5.42. The number of likely N-dealkylation sites (tertiary alicyclic amines) is 1. The molecule has 0 spiro atoms. The molecule has 4 atom stereocenters. The van der Waals surface area contributed by atoms with Crippen LogP contribution in [0.25, 0.3) is 0 Å². The zero-order valence-electron chi connectivity index (χ0n) is 20.9. The number of benzene rings is 2. The van der Waals surface area contributed by atoms with E-state index < -0.39 is 57.4 Å². The monoisotopic (exact) mass is 566 g/mol. The smallest absolute Gasteiger partial charge is 0.352 e. The summed E-state index contributed by atoms with van der Waals surface area (Å²) in [4.78, 5) is 39.1. The lowest BCUT2D eigenvalue weighted by molar-refractivity contribution is -0.137. The van der Waals surface area contributed by atoms with Gasteiger partial charge in [-0.1, -0.05) is 24.3 Å². The summed E-state index contributed by atoms with van der Waals surface area (Å²) in [7, 11) is -3.72. The molecule has 0 aromatic heterocycles. The molecule has 4 N–H and O–H groups in total. The van der Waals surface area contributed by atoms with Gasteiger partial charge in [-0.2, -0.15) is 13.2 Å². The Balaban J connectivity index is 1.50. The highest BCUT2D eigenvalue weighted by atomic mass is 32.2. The Bertz CT molecular complexity index is 1340. The number of alkyl halides is 3. The van der Waals surface area contributed by atoms with Crippen LogP contribution in [0, 0.1) is 5.92 Å². The molecule has 1 aliphatic carbocycles. The van der Waals surface area contributed by atoms with Crippen molar-refractivity contribution in [2.75, 3.05) is 12.3 Å². The van der Waals surface area contributed by atoms with Gasteiger partial charge in [0.2, 0.25) is 5.91 Å². The number of hydrogen-bond donors (Lipinski definition) is 3. The number of halogens is 3. The maximum Gasteiger partial charge on any atom is 0.416 e. The predicted molar refractivity (Wildman–Crippen MR) is 135 cm³/mol. The molecule has 2 aromatic carbocycles. The van der Waals surface area contributed by atoms with Crippen molar-refractivity contribution < 1.29 is 36.0 Å². The fraction of sp³-hybridized carbons (Fsp3) is 0.423. The second-order valence-corrected chi connectivity index (χ2v) is 11.9. The van der Waals surface area contributed by atoms with Crippen LogP contribution in [0.15, 0.2) is 59.5 Å². The number of hydrogen-bond acceptors (Lipinski definition) is 5. The van der Waals surface area contributed by atoms with E-state index in [2.05, 4.69) is 10.6 Å². The van der Waals surface area contributed by atoms with Crippen molar-refractivity contribution in [3.63, 3.8) is 0 Å². The van der Waals surface area contributed by atoms with Crippen LogP contribution in [0.4, 0.5) is 18.0 Å². The maximum atomic E-state index is 13.3. The zero-order valence-corrected chi connectivity index (χ0v) is 21.7. The van der Waals surface area contributed by atoms with Gasteiger partial charge in [-0.3, -0.25) is 9.59 Å². The highest BCUT2D eigenvalue weighted by Crippen LogP contribution is 2.34. The van der Waals surface area contributed by atoms with Crippen molar-refractivity contribution in [2.24, 2.45) is 11.7 Å². The second-order valence-electron chi connectivity index (χ2n) is 9.87. The van der Waals surface area contributed by atoms with Gasteiger partial charge in [0.25, 0.3) is 5.91 Å². The molecule has 0 radical (unpaired) electrons. The molecule has 13 heteroatoms. The highest BCUT2D eigenvalue weighted by molar-refractivity contribution is 7.91. The van der Waals surface area contributed by atoms with Gasteiger partial charge in [0.05, 0.1) is 16.2 Å². The number of nitrogens with one attached hydrogen (secondary N) is 2. The average molecular weight is 567 g/mol. The van der Waals surface area contributed by atoms with Crippen LogP contribution in [0.2, 0.25) is 0 Å². The van der Waals surface area contributed by atoms with Crippen molar-refractivity contribution in [2.45, 2.75) is 54.9 Å². The van der Waals surface area contributed by atoms with Crippen molar-refractivity contribution in [1.82, 2.24) is 15.5 Å². The summed E-state index contributed by atoms with van der Waals surface area (Å²) in [6.07, 6.45) is -3.24. The molecule has 1 saturated carbocycles. The SMILES string of the molecule is NC(=O)NC1CCC(N2CCC(NC(=O)c3cccc(C(F)(F)F)c3)C2=O)C(CS(=O)(=O)c2ccccc2)C1. The maximum absolute atomic E-state index is 13.3. The largest absolute Gasteiger partial charge is 0.416 e. The van der Waals surface area contributed by atoms with Crippen LogP contribution < -0.4 is 16.4 Å². The Hall–Kier alpha value is -3.61.